The van der Waals surface area contributed by atoms with Gasteiger partial charge in [0.25, 0.3) is 0 Å². The molecule has 0 aliphatic heterocycles. The normalized spacial score (nSPS) is 10.7. The molecule has 2 nitrogen and oxygen atoms in total. The van der Waals surface area contributed by atoms with Gasteiger partial charge in [0.2, 0.25) is 0 Å². The molecule has 0 heterocycles. The van der Waals surface area contributed by atoms with Gasteiger partial charge in [0.05, 0.1) is 5.75 Å². The highest BCUT2D eigenvalue weighted by Crippen LogP contribution is 2.09. The molecule has 0 spiro atoms. The maximum absolute atomic E-state index is 12.8. The molecule has 0 bridgehead atoms. The van der Waals surface area contributed by atoms with E-state index in [0.717, 1.165) is 5.56 Å². The third kappa shape index (κ3) is 3.14. The van der Waals surface area contributed by atoms with E-state index >= 15 is 0 Å². The van der Waals surface area contributed by atoms with E-state index < -0.39 is 16.5 Å². The van der Waals surface area contributed by atoms with Crippen LogP contribution in [0.1, 0.15) is 18.1 Å². The molecule has 1 radical (unpaired) electrons. The summed E-state index contributed by atoms with van der Waals surface area (Å²) in [4.78, 5) is 0. The SMILES string of the molecule is CCc1cc(F)[c]c(C[SH](=O)=O)c1. The summed E-state index contributed by atoms with van der Waals surface area (Å²) < 4.78 is 33.6. The lowest BCUT2D eigenvalue weighted by molar-refractivity contribution is 0.611. The van der Waals surface area contributed by atoms with E-state index in [0.29, 0.717) is 12.0 Å². The largest absolute Gasteiger partial charge is 0.232 e. The Hall–Kier alpha value is -0.900. The van der Waals surface area contributed by atoms with Crippen LogP contribution in [0.15, 0.2) is 12.1 Å². The van der Waals surface area contributed by atoms with Crippen LogP contribution in [0.2, 0.25) is 0 Å². The van der Waals surface area contributed by atoms with Crippen LogP contribution in [0.25, 0.3) is 0 Å². The Morgan fingerprint density at radius 2 is 2.15 bits per heavy atom. The maximum atomic E-state index is 12.8. The third-order valence-electron chi connectivity index (χ3n) is 1.66. The van der Waals surface area contributed by atoms with Gasteiger partial charge in [0.1, 0.15) is 16.5 Å². The Morgan fingerprint density at radius 3 is 2.69 bits per heavy atom. The topological polar surface area (TPSA) is 34.1 Å². The van der Waals surface area contributed by atoms with Crippen LogP contribution in [0.4, 0.5) is 4.39 Å². The Morgan fingerprint density at radius 1 is 1.46 bits per heavy atom. The number of hydrogen-bond donors (Lipinski definition) is 1. The van der Waals surface area contributed by atoms with Crippen LogP contribution in [-0.2, 0) is 22.9 Å². The van der Waals surface area contributed by atoms with Crippen molar-refractivity contribution in [2.75, 3.05) is 0 Å². The standard InChI is InChI=1S/C9H10FO2S/c1-2-7-3-8(6-13(11)12)5-9(10)4-7/h3-4,13H,2,6H2,1H3. The lowest BCUT2D eigenvalue weighted by atomic mass is 10.1. The second-order valence-corrected chi connectivity index (χ2v) is 3.69. The molecule has 0 aliphatic carbocycles. The molecule has 0 amide bonds. The first-order chi connectivity index (χ1) is 6.11. The molecule has 1 aromatic carbocycles. The Balaban J connectivity index is 3.01. The molecule has 0 aliphatic rings. The molecule has 71 valence electrons. The number of halogens is 1. The van der Waals surface area contributed by atoms with Crippen LogP contribution < -0.4 is 0 Å². The molecule has 0 saturated heterocycles. The van der Waals surface area contributed by atoms with Gasteiger partial charge in [-0.25, -0.2) is 12.8 Å². The summed E-state index contributed by atoms with van der Waals surface area (Å²) in [5.41, 5.74) is 1.19. The lowest BCUT2D eigenvalue weighted by Crippen LogP contribution is -1.92. The highest BCUT2D eigenvalue weighted by Gasteiger charge is 2.01. The fourth-order valence-corrected chi connectivity index (χ4v) is 1.53. The molecular formula is C9H10FO2S. The molecule has 1 aromatic rings. The van der Waals surface area contributed by atoms with Crippen molar-refractivity contribution in [3.05, 3.63) is 35.1 Å². The molecule has 0 atom stereocenters. The Kier molecular flexibility index (Phi) is 3.42. The molecule has 0 fully saturated rings. The van der Waals surface area contributed by atoms with E-state index in [-0.39, 0.29) is 5.75 Å². The van der Waals surface area contributed by atoms with Crippen LogP contribution in [0.5, 0.6) is 0 Å². The van der Waals surface area contributed by atoms with Crippen LogP contribution in [0, 0.1) is 11.9 Å². The van der Waals surface area contributed by atoms with Crippen LogP contribution >= 0.6 is 0 Å². The van der Waals surface area contributed by atoms with Gasteiger partial charge >= 0.3 is 0 Å². The first-order valence-corrected chi connectivity index (χ1v) is 5.30. The predicted molar refractivity (Wildman–Crippen MR) is 48.6 cm³/mol. The second-order valence-electron chi connectivity index (χ2n) is 2.71. The third-order valence-corrected chi connectivity index (χ3v) is 2.26. The van der Waals surface area contributed by atoms with Gasteiger partial charge < -0.3 is 0 Å². The summed E-state index contributed by atoms with van der Waals surface area (Å²) in [5, 5.41) is 0. The number of rotatable bonds is 3. The summed E-state index contributed by atoms with van der Waals surface area (Å²) >= 11 is 0. The summed E-state index contributed by atoms with van der Waals surface area (Å²) in [6.45, 7) is 1.88. The van der Waals surface area contributed by atoms with Gasteiger partial charge in [-0.3, -0.25) is 0 Å². The first kappa shape index (κ1) is 10.2. The van der Waals surface area contributed by atoms with Gasteiger partial charge in [-0.2, -0.15) is 0 Å². The van der Waals surface area contributed by atoms with E-state index in [9.17, 15) is 12.8 Å². The van der Waals surface area contributed by atoms with Gasteiger partial charge in [-0.05, 0) is 23.6 Å². The van der Waals surface area contributed by atoms with Crippen LogP contribution in [-0.4, -0.2) is 8.42 Å². The minimum atomic E-state index is -2.50. The number of hydrogen-bond acceptors (Lipinski definition) is 2. The van der Waals surface area contributed by atoms with Gasteiger partial charge in [-0.1, -0.05) is 13.0 Å². The zero-order valence-corrected chi connectivity index (χ0v) is 8.11. The number of aryl methyl sites for hydroxylation is 1. The molecule has 13 heavy (non-hydrogen) atoms. The smallest absolute Gasteiger partial charge is 0.144 e. The van der Waals surface area contributed by atoms with E-state index in [2.05, 4.69) is 6.07 Å². The molecule has 0 aromatic heterocycles. The fourth-order valence-electron chi connectivity index (χ4n) is 1.08. The number of thiol groups is 1. The van der Waals surface area contributed by atoms with Gasteiger partial charge in [-0.15, -0.1) is 0 Å². The van der Waals surface area contributed by atoms with E-state index in [1.54, 1.807) is 6.07 Å². The van der Waals surface area contributed by atoms with E-state index in [1.165, 1.54) is 6.07 Å². The highest BCUT2D eigenvalue weighted by atomic mass is 32.2. The summed E-state index contributed by atoms with van der Waals surface area (Å²) in [7, 11) is -2.50. The molecule has 4 heteroatoms. The van der Waals surface area contributed by atoms with Crippen molar-refractivity contribution < 1.29 is 12.8 Å². The van der Waals surface area contributed by atoms with Crippen molar-refractivity contribution >= 4 is 10.7 Å². The van der Waals surface area contributed by atoms with Crippen molar-refractivity contribution in [3.8, 4) is 0 Å². The monoisotopic (exact) mass is 201 g/mol. The minimum Gasteiger partial charge on any atom is -0.232 e. The summed E-state index contributed by atoms with van der Waals surface area (Å²) in [6, 6.07) is 5.39. The van der Waals surface area contributed by atoms with Crippen LogP contribution in [0.3, 0.4) is 0 Å². The average molecular weight is 201 g/mol. The van der Waals surface area contributed by atoms with Gasteiger partial charge in [0, 0.05) is 6.07 Å². The van der Waals surface area contributed by atoms with Gasteiger partial charge in [0.15, 0.2) is 0 Å². The zero-order chi connectivity index (χ0) is 9.84. The first-order valence-electron chi connectivity index (χ1n) is 3.94. The number of benzene rings is 1. The zero-order valence-electron chi connectivity index (χ0n) is 7.21. The molecular weight excluding hydrogens is 191 g/mol. The fraction of sp³-hybridized carbons (Fsp3) is 0.333. The maximum Gasteiger partial charge on any atom is 0.144 e. The molecule has 0 N–H and O–H groups in total. The minimum absolute atomic E-state index is 0.139. The highest BCUT2D eigenvalue weighted by molar-refractivity contribution is 7.71. The molecule has 0 saturated carbocycles. The van der Waals surface area contributed by atoms with Crippen molar-refractivity contribution in [3.63, 3.8) is 0 Å². The van der Waals surface area contributed by atoms with E-state index in [4.69, 9.17) is 0 Å². The summed E-state index contributed by atoms with van der Waals surface area (Å²) in [5.74, 6) is -0.633. The van der Waals surface area contributed by atoms with Crippen molar-refractivity contribution in [1.82, 2.24) is 0 Å². The van der Waals surface area contributed by atoms with E-state index in [1.807, 2.05) is 6.92 Å². The second kappa shape index (κ2) is 4.37. The van der Waals surface area contributed by atoms with Crippen molar-refractivity contribution in [2.45, 2.75) is 19.1 Å². The predicted octanol–water partition coefficient (Wildman–Crippen LogP) is 1.30. The average Bonchev–Trinajstić information content (AvgIpc) is 2.01. The lowest BCUT2D eigenvalue weighted by Gasteiger charge is -1.99. The quantitative estimate of drug-likeness (QED) is 0.748. The van der Waals surface area contributed by atoms with Crippen molar-refractivity contribution in [1.29, 1.82) is 0 Å². The summed E-state index contributed by atoms with van der Waals surface area (Å²) in [6.07, 6.45) is 0.689. The Labute approximate surface area is 78.3 Å². The molecule has 0 unspecified atom stereocenters. The Bertz CT molecular complexity index is 364. The molecule has 1 rings (SSSR count). The van der Waals surface area contributed by atoms with Crippen molar-refractivity contribution in [2.24, 2.45) is 0 Å².